The fraction of sp³-hybridized carbons (Fsp3) is 0.845. The van der Waals surface area contributed by atoms with Gasteiger partial charge in [-0.2, -0.15) is 0 Å². The Kier molecular flexibility index (Phi) is 63.6. The quantitative estimate of drug-likeness (QED) is 0.0261. The van der Waals surface area contributed by atoms with Gasteiger partial charge in [-0.15, -0.1) is 0 Å². The summed E-state index contributed by atoms with van der Waals surface area (Å²) in [5.74, 6) is -0.843. The Balaban J connectivity index is 4.15. The van der Waals surface area contributed by atoms with Crippen LogP contribution in [-0.4, -0.2) is 37.2 Å². The molecule has 1 atom stereocenters. The molecule has 0 aliphatic rings. The Hall–Kier alpha value is -2.63. The van der Waals surface area contributed by atoms with Crippen molar-refractivity contribution in [2.24, 2.45) is 0 Å². The van der Waals surface area contributed by atoms with Crippen molar-refractivity contribution >= 4 is 17.9 Å². The molecule has 0 saturated carbocycles. The maximum absolute atomic E-state index is 12.9. The van der Waals surface area contributed by atoms with Gasteiger partial charge in [-0.05, 0) is 57.8 Å². The molecule has 0 aromatic heterocycles. The Morgan fingerprint density at radius 3 is 0.792 bits per heavy atom. The number of esters is 3. The van der Waals surface area contributed by atoms with Gasteiger partial charge >= 0.3 is 17.9 Å². The van der Waals surface area contributed by atoms with Crippen LogP contribution in [0.5, 0.6) is 0 Å². The van der Waals surface area contributed by atoms with Crippen molar-refractivity contribution in [2.75, 3.05) is 13.2 Å². The van der Waals surface area contributed by atoms with Crippen LogP contribution in [0.4, 0.5) is 0 Å². The largest absolute Gasteiger partial charge is 0.462 e. The highest BCUT2D eigenvalue weighted by Gasteiger charge is 2.19. The Bertz CT molecular complexity index is 1330. The average molecular weight is 1080 g/mol. The van der Waals surface area contributed by atoms with E-state index in [-0.39, 0.29) is 31.1 Å². The molecule has 0 heterocycles. The maximum atomic E-state index is 12.9. The third-order valence-electron chi connectivity index (χ3n) is 15.3. The van der Waals surface area contributed by atoms with Gasteiger partial charge in [-0.1, -0.05) is 339 Å². The van der Waals surface area contributed by atoms with Gasteiger partial charge in [0.1, 0.15) is 13.2 Å². The number of hydrogen-bond donors (Lipinski definition) is 0. The zero-order chi connectivity index (χ0) is 55.7. The van der Waals surface area contributed by atoms with Crippen LogP contribution in [0.15, 0.2) is 48.6 Å². The first-order valence-electron chi connectivity index (χ1n) is 34.1. The first-order valence-corrected chi connectivity index (χ1v) is 34.1. The minimum Gasteiger partial charge on any atom is -0.462 e. The molecule has 0 aliphatic carbocycles. The Morgan fingerprint density at radius 2 is 0.506 bits per heavy atom. The lowest BCUT2D eigenvalue weighted by Crippen LogP contribution is -2.30. The van der Waals surface area contributed by atoms with Crippen LogP contribution in [0.2, 0.25) is 0 Å². The average Bonchev–Trinajstić information content (AvgIpc) is 3.43. The SMILES string of the molecule is CC/C=C\C/C=C\C/C=C\C/C=C\CCCCCCCCCCCCCCCCC(=O)OCC(COC(=O)CCCCCCCCCCCC)OC(=O)CCCCCCCCCCCCCCCCCCCCCCCC. The van der Waals surface area contributed by atoms with Gasteiger partial charge in [-0.25, -0.2) is 0 Å². The van der Waals surface area contributed by atoms with Crippen molar-refractivity contribution in [1.29, 1.82) is 0 Å². The normalized spacial score (nSPS) is 12.3. The molecule has 0 aromatic rings. The van der Waals surface area contributed by atoms with Crippen LogP contribution in [0.1, 0.15) is 367 Å². The van der Waals surface area contributed by atoms with E-state index in [0.717, 1.165) is 83.5 Å². The van der Waals surface area contributed by atoms with Crippen molar-refractivity contribution in [3.8, 4) is 0 Å². The first kappa shape index (κ1) is 74.4. The van der Waals surface area contributed by atoms with E-state index in [4.69, 9.17) is 14.2 Å². The topological polar surface area (TPSA) is 78.9 Å². The fourth-order valence-corrected chi connectivity index (χ4v) is 10.3. The van der Waals surface area contributed by atoms with Crippen molar-refractivity contribution < 1.29 is 28.6 Å². The molecule has 1 unspecified atom stereocenters. The number of carbonyl (C=O) groups excluding carboxylic acids is 3. The maximum Gasteiger partial charge on any atom is 0.306 e. The lowest BCUT2D eigenvalue weighted by molar-refractivity contribution is -0.167. The number of unbranched alkanes of at least 4 members (excludes halogenated alkanes) is 44. The van der Waals surface area contributed by atoms with E-state index >= 15 is 0 Å². The van der Waals surface area contributed by atoms with Gasteiger partial charge in [0.15, 0.2) is 6.10 Å². The molecule has 77 heavy (non-hydrogen) atoms. The summed E-state index contributed by atoms with van der Waals surface area (Å²) in [5.41, 5.74) is 0. The summed E-state index contributed by atoms with van der Waals surface area (Å²) < 4.78 is 16.9. The summed E-state index contributed by atoms with van der Waals surface area (Å²) in [6, 6.07) is 0. The smallest absolute Gasteiger partial charge is 0.306 e. The second-order valence-electron chi connectivity index (χ2n) is 23.1. The molecule has 0 N–H and O–H groups in total. The third kappa shape index (κ3) is 64.1. The van der Waals surface area contributed by atoms with E-state index in [1.165, 1.54) is 244 Å². The third-order valence-corrected chi connectivity index (χ3v) is 15.3. The number of ether oxygens (including phenoxy) is 3. The fourth-order valence-electron chi connectivity index (χ4n) is 10.3. The standard InChI is InChI=1S/C71H130O6/c1-4-7-10-13-16-19-22-24-26-28-30-32-34-35-36-37-38-40-41-43-45-47-49-52-55-58-61-64-70(73)76-67-68(66-75-69(72)63-60-57-54-51-21-18-15-12-9-6-3)77-71(74)65-62-59-56-53-50-48-46-44-42-39-33-31-29-27-25-23-20-17-14-11-8-5-2/h7,10,16,19,24,26,30,32,68H,4-6,8-9,11-15,17-18,20-23,25,27-29,31,33-67H2,1-3H3/b10-7-,19-16-,26-24-,32-30-. The number of hydrogen-bond acceptors (Lipinski definition) is 6. The van der Waals surface area contributed by atoms with Crippen molar-refractivity contribution in [3.05, 3.63) is 48.6 Å². The van der Waals surface area contributed by atoms with Crippen LogP contribution in [0.3, 0.4) is 0 Å². The van der Waals surface area contributed by atoms with E-state index in [1.54, 1.807) is 0 Å². The van der Waals surface area contributed by atoms with Crippen LogP contribution < -0.4 is 0 Å². The molecule has 450 valence electrons. The van der Waals surface area contributed by atoms with Gasteiger partial charge in [0.25, 0.3) is 0 Å². The summed E-state index contributed by atoms with van der Waals surface area (Å²) in [4.78, 5) is 38.3. The van der Waals surface area contributed by atoms with E-state index in [1.807, 2.05) is 0 Å². The lowest BCUT2D eigenvalue weighted by Gasteiger charge is -2.18. The number of rotatable bonds is 63. The minimum absolute atomic E-state index is 0.0667. The summed E-state index contributed by atoms with van der Waals surface area (Å²) >= 11 is 0. The van der Waals surface area contributed by atoms with E-state index in [0.29, 0.717) is 19.3 Å². The summed E-state index contributed by atoms with van der Waals surface area (Å²) in [6.07, 6.45) is 82.9. The van der Waals surface area contributed by atoms with Crippen molar-refractivity contribution in [3.63, 3.8) is 0 Å². The summed E-state index contributed by atoms with van der Waals surface area (Å²) in [6.45, 7) is 6.58. The molecule has 0 radical (unpaired) electrons. The molecular weight excluding hydrogens is 949 g/mol. The van der Waals surface area contributed by atoms with Crippen LogP contribution in [0, 0.1) is 0 Å². The molecule has 6 nitrogen and oxygen atoms in total. The number of allylic oxidation sites excluding steroid dienone is 8. The Labute approximate surface area is 479 Å². The monoisotopic (exact) mass is 1080 g/mol. The van der Waals surface area contributed by atoms with Gasteiger partial charge in [0, 0.05) is 19.3 Å². The van der Waals surface area contributed by atoms with E-state index < -0.39 is 6.10 Å². The molecule has 0 saturated heterocycles. The molecule has 6 heteroatoms. The highest BCUT2D eigenvalue weighted by Crippen LogP contribution is 2.18. The predicted octanol–water partition coefficient (Wildman–Crippen LogP) is 23.3. The van der Waals surface area contributed by atoms with Crippen molar-refractivity contribution in [1.82, 2.24) is 0 Å². The zero-order valence-corrected chi connectivity index (χ0v) is 51.7. The first-order chi connectivity index (χ1) is 38.0. The highest BCUT2D eigenvalue weighted by atomic mass is 16.6. The lowest BCUT2D eigenvalue weighted by atomic mass is 10.0. The van der Waals surface area contributed by atoms with Crippen LogP contribution in [0.25, 0.3) is 0 Å². The second kappa shape index (κ2) is 65.9. The van der Waals surface area contributed by atoms with Gasteiger partial charge in [0.2, 0.25) is 0 Å². The van der Waals surface area contributed by atoms with Crippen molar-refractivity contribution in [2.45, 2.75) is 374 Å². The molecule has 0 amide bonds. The van der Waals surface area contributed by atoms with Gasteiger partial charge in [0.05, 0.1) is 0 Å². The molecule has 0 fully saturated rings. The van der Waals surface area contributed by atoms with Gasteiger partial charge < -0.3 is 14.2 Å². The summed E-state index contributed by atoms with van der Waals surface area (Å²) in [7, 11) is 0. The summed E-state index contributed by atoms with van der Waals surface area (Å²) in [5, 5.41) is 0. The molecule has 0 rings (SSSR count). The van der Waals surface area contributed by atoms with E-state index in [9.17, 15) is 14.4 Å². The minimum atomic E-state index is -0.769. The molecule has 0 aromatic carbocycles. The second-order valence-corrected chi connectivity index (χ2v) is 23.1. The Morgan fingerprint density at radius 1 is 0.273 bits per heavy atom. The van der Waals surface area contributed by atoms with Crippen LogP contribution in [-0.2, 0) is 28.6 Å². The molecular formula is C71H130O6. The van der Waals surface area contributed by atoms with Gasteiger partial charge in [-0.3, -0.25) is 14.4 Å². The molecule has 0 spiro atoms. The molecule has 0 bridgehead atoms. The molecule has 0 aliphatic heterocycles. The number of carbonyl (C=O) groups is 3. The van der Waals surface area contributed by atoms with Crippen LogP contribution >= 0.6 is 0 Å². The highest BCUT2D eigenvalue weighted by molar-refractivity contribution is 5.71. The zero-order valence-electron chi connectivity index (χ0n) is 51.7. The van der Waals surface area contributed by atoms with E-state index in [2.05, 4.69) is 69.4 Å². The predicted molar refractivity (Wildman–Crippen MR) is 335 cm³/mol.